The molecule has 2 unspecified atom stereocenters. The summed E-state index contributed by atoms with van der Waals surface area (Å²) >= 11 is 0. The number of nitrogens with one attached hydrogen (secondary N) is 2. The monoisotopic (exact) mass is 198 g/mol. The van der Waals surface area contributed by atoms with Gasteiger partial charge in [-0.15, -0.1) is 0 Å². The van der Waals surface area contributed by atoms with Gasteiger partial charge in [-0.2, -0.15) is 0 Å². The number of urea groups is 1. The van der Waals surface area contributed by atoms with Crippen molar-refractivity contribution in [3.63, 3.8) is 0 Å². The van der Waals surface area contributed by atoms with Crippen molar-refractivity contribution < 1.29 is 4.79 Å². The van der Waals surface area contributed by atoms with Crippen molar-refractivity contribution in [1.29, 1.82) is 0 Å². The van der Waals surface area contributed by atoms with E-state index in [1.54, 1.807) is 0 Å². The normalized spacial score (nSPS) is 27.0. The molecule has 82 valence electrons. The number of carbonyl (C=O) groups is 1. The van der Waals surface area contributed by atoms with E-state index in [1.807, 2.05) is 6.92 Å². The number of hydrogen-bond donors (Lipinski definition) is 2. The molecule has 0 aromatic carbocycles. The van der Waals surface area contributed by atoms with Gasteiger partial charge in [0.1, 0.15) is 0 Å². The molecule has 0 heterocycles. The smallest absolute Gasteiger partial charge is 0.314 e. The SMILES string of the molecule is CCNC(=O)NCC1CCCCC1C. The molecule has 14 heavy (non-hydrogen) atoms. The van der Waals surface area contributed by atoms with E-state index in [2.05, 4.69) is 17.6 Å². The Morgan fingerprint density at radius 2 is 2.00 bits per heavy atom. The second-order valence-electron chi connectivity index (χ2n) is 4.26. The minimum Gasteiger partial charge on any atom is -0.338 e. The molecule has 0 spiro atoms. The lowest BCUT2D eigenvalue weighted by molar-refractivity contribution is 0.224. The quantitative estimate of drug-likeness (QED) is 0.716. The van der Waals surface area contributed by atoms with Crippen LogP contribution in [-0.4, -0.2) is 19.1 Å². The molecule has 1 aliphatic carbocycles. The van der Waals surface area contributed by atoms with Gasteiger partial charge in [0, 0.05) is 13.1 Å². The zero-order chi connectivity index (χ0) is 10.4. The van der Waals surface area contributed by atoms with Crippen molar-refractivity contribution in [2.75, 3.05) is 13.1 Å². The van der Waals surface area contributed by atoms with Gasteiger partial charge < -0.3 is 10.6 Å². The van der Waals surface area contributed by atoms with Crippen molar-refractivity contribution >= 4 is 6.03 Å². The first-order valence-corrected chi connectivity index (χ1v) is 5.75. The first kappa shape index (κ1) is 11.3. The molecule has 0 saturated heterocycles. The van der Waals surface area contributed by atoms with Crippen LogP contribution in [0, 0.1) is 11.8 Å². The van der Waals surface area contributed by atoms with E-state index in [9.17, 15) is 4.79 Å². The molecular formula is C11H22N2O. The molecule has 0 aliphatic heterocycles. The summed E-state index contributed by atoms with van der Waals surface area (Å²) in [4.78, 5) is 11.2. The fourth-order valence-corrected chi connectivity index (χ4v) is 2.14. The first-order valence-electron chi connectivity index (χ1n) is 5.75. The Bertz CT molecular complexity index is 182. The largest absolute Gasteiger partial charge is 0.338 e. The Balaban J connectivity index is 2.19. The molecule has 2 amide bonds. The molecule has 3 heteroatoms. The van der Waals surface area contributed by atoms with E-state index >= 15 is 0 Å². The van der Waals surface area contributed by atoms with E-state index in [0.717, 1.165) is 12.5 Å². The molecule has 0 bridgehead atoms. The predicted molar refractivity (Wildman–Crippen MR) is 58.2 cm³/mol. The predicted octanol–water partition coefficient (Wildman–Crippen LogP) is 2.13. The van der Waals surface area contributed by atoms with E-state index in [-0.39, 0.29) is 6.03 Å². The van der Waals surface area contributed by atoms with Crippen LogP contribution in [0.15, 0.2) is 0 Å². The van der Waals surface area contributed by atoms with Crippen LogP contribution in [0.2, 0.25) is 0 Å². The number of amides is 2. The minimum atomic E-state index is -0.0229. The summed E-state index contributed by atoms with van der Waals surface area (Å²) in [5.74, 6) is 1.46. The van der Waals surface area contributed by atoms with E-state index in [4.69, 9.17) is 0 Å². The Morgan fingerprint density at radius 3 is 2.64 bits per heavy atom. The van der Waals surface area contributed by atoms with Crippen molar-refractivity contribution in [3.05, 3.63) is 0 Å². The number of carbonyl (C=O) groups excluding carboxylic acids is 1. The summed E-state index contributed by atoms with van der Waals surface area (Å²) in [5, 5.41) is 5.68. The zero-order valence-corrected chi connectivity index (χ0v) is 9.31. The fraction of sp³-hybridized carbons (Fsp3) is 0.909. The zero-order valence-electron chi connectivity index (χ0n) is 9.31. The van der Waals surface area contributed by atoms with Crippen LogP contribution in [0.25, 0.3) is 0 Å². The van der Waals surface area contributed by atoms with Crippen LogP contribution in [0.3, 0.4) is 0 Å². The molecule has 1 fully saturated rings. The standard InChI is InChI=1S/C11H22N2O/c1-3-12-11(14)13-8-10-7-5-4-6-9(10)2/h9-10H,3-8H2,1-2H3,(H2,12,13,14). The summed E-state index contributed by atoms with van der Waals surface area (Å²) in [6.45, 7) is 5.77. The third-order valence-electron chi connectivity index (χ3n) is 3.15. The maximum Gasteiger partial charge on any atom is 0.314 e. The van der Waals surface area contributed by atoms with Gasteiger partial charge in [0.2, 0.25) is 0 Å². The highest BCUT2D eigenvalue weighted by Gasteiger charge is 2.21. The Morgan fingerprint density at radius 1 is 1.29 bits per heavy atom. The lowest BCUT2D eigenvalue weighted by Crippen LogP contribution is -2.39. The summed E-state index contributed by atoms with van der Waals surface area (Å²) in [6, 6.07) is -0.0229. The number of hydrogen-bond acceptors (Lipinski definition) is 1. The lowest BCUT2D eigenvalue weighted by atomic mass is 9.80. The maximum atomic E-state index is 11.2. The molecule has 3 nitrogen and oxygen atoms in total. The highest BCUT2D eigenvalue weighted by molar-refractivity contribution is 5.73. The first-order chi connectivity index (χ1) is 6.74. The Labute approximate surface area is 86.6 Å². The van der Waals surface area contributed by atoms with Gasteiger partial charge in [0.25, 0.3) is 0 Å². The van der Waals surface area contributed by atoms with Crippen LogP contribution in [0.5, 0.6) is 0 Å². The maximum absolute atomic E-state index is 11.2. The van der Waals surface area contributed by atoms with Gasteiger partial charge in [-0.1, -0.05) is 26.2 Å². The van der Waals surface area contributed by atoms with Gasteiger partial charge in [-0.3, -0.25) is 0 Å². The second kappa shape index (κ2) is 5.89. The van der Waals surface area contributed by atoms with Gasteiger partial charge >= 0.3 is 6.03 Å². The van der Waals surface area contributed by atoms with Gasteiger partial charge in [0.05, 0.1) is 0 Å². The average molecular weight is 198 g/mol. The van der Waals surface area contributed by atoms with Crippen molar-refractivity contribution in [2.45, 2.75) is 39.5 Å². The van der Waals surface area contributed by atoms with Crippen molar-refractivity contribution in [2.24, 2.45) is 11.8 Å². The fourth-order valence-electron chi connectivity index (χ4n) is 2.14. The topological polar surface area (TPSA) is 41.1 Å². The second-order valence-corrected chi connectivity index (χ2v) is 4.26. The Hall–Kier alpha value is -0.730. The molecule has 0 aromatic rings. The molecule has 1 rings (SSSR count). The highest BCUT2D eigenvalue weighted by Crippen LogP contribution is 2.28. The molecule has 1 saturated carbocycles. The van der Waals surface area contributed by atoms with Crippen LogP contribution >= 0.6 is 0 Å². The molecule has 2 atom stereocenters. The van der Waals surface area contributed by atoms with Gasteiger partial charge in [-0.05, 0) is 25.2 Å². The molecule has 0 radical (unpaired) electrons. The summed E-state index contributed by atoms with van der Waals surface area (Å²) in [5.41, 5.74) is 0. The van der Waals surface area contributed by atoms with Crippen LogP contribution in [-0.2, 0) is 0 Å². The summed E-state index contributed by atoms with van der Waals surface area (Å²) < 4.78 is 0. The summed E-state index contributed by atoms with van der Waals surface area (Å²) in [7, 11) is 0. The molecule has 0 aromatic heterocycles. The van der Waals surface area contributed by atoms with Crippen molar-refractivity contribution in [1.82, 2.24) is 10.6 Å². The lowest BCUT2D eigenvalue weighted by Gasteiger charge is -2.28. The molecule has 1 aliphatic rings. The van der Waals surface area contributed by atoms with Crippen LogP contribution in [0.1, 0.15) is 39.5 Å². The third-order valence-corrected chi connectivity index (χ3v) is 3.15. The molecular weight excluding hydrogens is 176 g/mol. The van der Waals surface area contributed by atoms with Crippen LogP contribution in [0.4, 0.5) is 4.79 Å². The Kier molecular flexibility index (Phi) is 4.77. The minimum absolute atomic E-state index is 0.0229. The van der Waals surface area contributed by atoms with E-state index in [0.29, 0.717) is 12.5 Å². The molecule has 2 N–H and O–H groups in total. The van der Waals surface area contributed by atoms with Gasteiger partial charge in [0.15, 0.2) is 0 Å². The highest BCUT2D eigenvalue weighted by atomic mass is 16.2. The van der Waals surface area contributed by atoms with Crippen LogP contribution < -0.4 is 10.6 Å². The summed E-state index contributed by atoms with van der Waals surface area (Å²) in [6.07, 6.45) is 5.28. The third kappa shape index (κ3) is 3.56. The average Bonchev–Trinajstić information content (AvgIpc) is 2.17. The van der Waals surface area contributed by atoms with E-state index < -0.39 is 0 Å². The van der Waals surface area contributed by atoms with Gasteiger partial charge in [-0.25, -0.2) is 4.79 Å². The van der Waals surface area contributed by atoms with E-state index in [1.165, 1.54) is 25.7 Å². The number of rotatable bonds is 3. The van der Waals surface area contributed by atoms with Crippen molar-refractivity contribution in [3.8, 4) is 0 Å².